The Morgan fingerprint density at radius 1 is 1.42 bits per heavy atom. The normalized spacial score (nSPS) is 10.7. The summed E-state index contributed by atoms with van der Waals surface area (Å²) >= 11 is 1.18. The van der Waals surface area contributed by atoms with Crippen LogP contribution in [0.3, 0.4) is 0 Å². The third kappa shape index (κ3) is 5.26. The summed E-state index contributed by atoms with van der Waals surface area (Å²) in [6, 6.07) is 4.22. The van der Waals surface area contributed by atoms with Crippen molar-refractivity contribution in [2.24, 2.45) is 0 Å². The molecule has 0 radical (unpaired) electrons. The van der Waals surface area contributed by atoms with Crippen LogP contribution in [0.4, 0.5) is 4.39 Å². The van der Waals surface area contributed by atoms with Gasteiger partial charge in [0.2, 0.25) is 0 Å². The number of carbonyl (C=O) groups is 2. The predicted molar refractivity (Wildman–Crippen MR) is 74.5 cm³/mol. The Morgan fingerprint density at radius 3 is 2.79 bits per heavy atom. The summed E-state index contributed by atoms with van der Waals surface area (Å²) < 4.78 is 18.2. The third-order valence-corrected chi connectivity index (χ3v) is 2.94. The van der Waals surface area contributed by atoms with Crippen LogP contribution in [0.15, 0.2) is 24.3 Å². The summed E-state index contributed by atoms with van der Waals surface area (Å²) in [7, 11) is 0. The van der Waals surface area contributed by atoms with Crippen LogP contribution in [0, 0.1) is 5.82 Å². The van der Waals surface area contributed by atoms with Gasteiger partial charge in [-0.2, -0.15) is 0 Å². The molecule has 3 nitrogen and oxygen atoms in total. The Balaban J connectivity index is 2.78. The molecule has 0 saturated heterocycles. The van der Waals surface area contributed by atoms with Gasteiger partial charge in [-0.3, -0.25) is 4.79 Å². The van der Waals surface area contributed by atoms with E-state index in [1.807, 2.05) is 0 Å². The van der Waals surface area contributed by atoms with Gasteiger partial charge in [-0.15, -0.1) is 0 Å². The first kappa shape index (κ1) is 15.4. The van der Waals surface area contributed by atoms with Gasteiger partial charge in [0, 0.05) is 12.7 Å². The van der Waals surface area contributed by atoms with E-state index in [9.17, 15) is 14.0 Å². The van der Waals surface area contributed by atoms with Gasteiger partial charge < -0.3 is 4.74 Å². The number of hydrogen-bond acceptors (Lipinski definition) is 4. The van der Waals surface area contributed by atoms with Gasteiger partial charge in [0.05, 0.1) is 12.2 Å². The number of halogens is 1. The van der Waals surface area contributed by atoms with E-state index in [1.165, 1.54) is 30.8 Å². The van der Waals surface area contributed by atoms with Crippen molar-refractivity contribution in [3.8, 4) is 0 Å². The third-order valence-electron chi connectivity index (χ3n) is 2.18. The number of hydrogen-bond donors (Lipinski definition) is 0. The molecule has 102 valence electrons. The lowest BCUT2D eigenvalue weighted by Gasteiger charge is -2.04. The molecule has 0 atom stereocenters. The molecule has 1 aromatic carbocycles. The van der Waals surface area contributed by atoms with Crippen molar-refractivity contribution in [3.05, 3.63) is 41.2 Å². The van der Waals surface area contributed by atoms with Crippen molar-refractivity contribution in [2.75, 3.05) is 12.4 Å². The zero-order chi connectivity index (χ0) is 14.3. The lowest BCUT2D eigenvalue weighted by atomic mass is 10.1. The fourth-order valence-corrected chi connectivity index (χ4v) is 1.79. The highest BCUT2D eigenvalue weighted by Crippen LogP contribution is 2.14. The van der Waals surface area contributed by atoms with Crippen LogP contribution in [0.1, 0.15) is 29.8 Å². The zero-order valence-corrected chi connectivity index (χ0v) is 11.6. The molecule has 0 aliphatic carbocycles. The molecule has 0 saturated carbocycles. The molecule has 1 aromatic rings. The van der Waals surface area contributed by atoms with Gasteiger partial charge in [-0.1, -0.05) is 30.0 Å². The maximum absolute atomic E-state index is 13.5. The van der Waals surface area contributed by atoms with Gasteiger partial charge in [0.15, 0.2) is 5.12 Å². The van der Waals surface area contributed by atoms with E-state index < -0.39 is 11.8 Å². The van der Waals surface area contributed by atoms with E-state index in [4.69, 9.17) is 4.74 Å². The fraction of sp³-hybridized carbons (Fsp3) is 0.286. The minimum atomic E-state index is -0.673. The lowest BCUT2D eigenvalue weighted by Crippen LogP contribution is -2.07. The average Bonchev–Trinajstić information content (AvgIpc) is 2.36. The molecular formula is C14H15FO3S. The van der Waals surface area contributed by atoms with Crippen LogP contribution >= 0.6 is 11.8 Å². The molecule has 5 heteroatoms. The molecule has 0 N–H and O–H groups in total. The van der Waals surface area contributed by atoms with Crippen LogP contribution in [0.5, 0.6) is 0 Å². The summed E-state index contributed by atoms with van der Waals surface area (Å²) in [5, 5.41) is 0.0379. The second-order valence-corrected chi connectivity index (χ2v) is 4.86. The number of benzene rings is 1. The Bertz CT molecular complexity index is 497. The molecule has 19 heavy (non-hydrogen) atoms. The highest BCUT2D eigenvalue weighted by Gasteiger charge is 2.12. The number of esters is 1. The van der Waals surface area contributed by atoms with Crippen LogP contribution < -0.4 is 0 Å². The van der Waals surface area contributed by atoms with E-state index in [2.05, 4.69) is 0 Å². The van der Waals surface area contributed by atoms with Gasteiger partial charge in [-0.25, -0.2) is 9.18 Å². The first-order chi connectivity index (χ1) is 9.04. The van der Waals surface area contributed by atoms with Gasteiger partial charge >= 0.3 is 5.97 Å². The first-order valence-electron chi connectivity index (χ1n) is 5.81. The van der Waals surface area contributed by atoms with Crippen molar-refractivity contribution in [1.82, 2.24) is 0 Å². The summed E-state index contributed by atoms with van der Waals surface area (Å²) in [6.45, 7) is 3.36. The average molecular weight is 282 g/mol. The van der Waals surface area contributed by atoms with Gasteiger partial charge in [0.1, 0.15) is 5.82 Å². The Hall–Kier alpha value is -1.62. The summed E-state index contributed by atoms with van der Waals surface area (Å²) in [5.74, 6) is -0.733. The molecule has 0 aliphatic heterocycles. The molecule has 0 bridgehead atoms. The van der Waals surface area contributed by atoms with Crippen LogP contribution in [-0.2, 0) is 9.53 Å². The van der Waals surface area contributed by atoms with Gasteiger partial charge in [0.25, 0.3) is 0 Å². The van der Waals surface area contributed by atoms with Crippen molar-refractivity contribution in [2.45, 2.75) is 13.8 Å². The molecule has 0 heterocycles. The van der Waals surface area contributed by atoms with E-state index in [0.29, 0.717) is 11.3 Å². The summed E-state index contributed by atoms with van der Waals surface area (Å²) in [4.78, 5) is 22.2. The molecule has 0 amide bonds. The van der Waals surface area contributed by atoms with Crippen molar-refractivity contribution in [1.29, 1.82) is 0 Å². The maximum Gasteiger partial charge on any atom is 0.341 e. The van der Waals surface area contributed by atoms with E-state index in [-0.39, 0.29) is 17.3 Å². The molecule has 1 rings (SSSR count). The summed E-state index contributed by atoms with van der Waals surface area (Å²) in [5.41, 5.74) is 0.608. The van der Waals surface area contributed by atoms with Crippen LogP contribution in [0.2, 0.25) is 0 Å². The monoisotopic (exact) mass is 282 g/mol. The second-order valence-electron chi connectivity index (χ2n) is 3.66. The fourth-order valence-electron chi connectivity index (χ4n) is 1.36. The van der Waals surface area contributed by atoms with Gasteiger partial charge in [-0.05, 0) is 24.6 Å². The quantitative estimate of drug-likeness (QED) is 0.777. The Morgan fingerprint density at radius 2 is 2.16 bits per heavy atom. The number of thioether (sulfide) groups is 1. The molecule has 0 aliphatic rings. The van der Waals surface area contributed by atoms with Crippen molar-refractivity contribution >= 4 is 28.9 Å². The summed E-state index contributed by atoms with van der Waals surface area (Å²) in [6.07, 6.45) is 3.52. The number of rotatable bonds is 5. The topological polar surface area (TPSA) is 43.4 Å². The smallest absolute Gasteiger partial charge is 0.341 e. The Labute approximate surface area is 115 Å². The molecule has 0 spiro atoms. The molecule has 0 aromatic heterocycles. The largest absolute Gasteiger partial charge is 0.462 e. The van der Waals surface area contributed by atoms with E-state index >= 15 is 0 Å². The van der Waals surface area contributed by atoms with Crippen LogP contribution in [0.25, 0.3) is 6.08 Å². The predicted octanol–water partition coefficient (Wildman–Crippen LogP) is 3.30. The highest BCUT2D eigenvalue weighted by molar-refractivity contribution is 8.13. The molecule has 0 fully saturated rings. The zero-order valence-electron chi connectivity index (χ0n) is 10.8. The minimum absolute atomic E-state index is 0.0379. The van der Waals surface area contributed by atoms with E-state index in [1.54, 1.807) is 25.1 Å². The maximum atomic E-state index is 13.5. The first-order valence-corrected chi connectivity index (χ1v) is 6.79. The minimum Gasteiger partial charge on any atom is -0.462 e. The van der Waals surface area contributed by atoms with Crippen molar-refractivity contribution < 1.29 is 18.7 Å². The SMILES string of the molecule is CCOC(=O)c1cc(C=CCSC(C)=O)ccc1F. The number of carbonyl (C=O) groups excluding carboxylic acids is 2. The molecular weight excluding hydrogens is 267 g/mol. The lowest BCUT2D eigenvalue weighted by molar-refractivity contribution is -0.109. The highest BCUT2D eigenvalue weighted by atomic mass is 32.2. The number of ether oxygens (including phenoxy) is 1. The second kappa shape index (κ2) is 7.74. The Kier molecular flexibility index (Phi) is 6.29. The molecule has 0 unspecified atom stereocenters. The standard InChI is InChI=1S/C14H15FO3S/c1-3-18-14(17)12-9-11(6-7-13(12)15)5-4-8-19-10(2)16/h4-7,9H,3,8H2,1-2H3. The van der Waals surface area contributed by atoms with E-state index in [0.717, 1.165) is 0 Å². The van der Waals surface area contributed by atoms with Crippen molar-refractivity contribution in [3.63, 3.8) is 0 Å². The van der Waals surface area contributed by atoms with Crippen LogP contribution in [-0.4, -0.2) is 23.4 Å².